The minimum absolute atomic E-state index is 0.0444. The van der Waals surface area contributed by atoms with Gasteiger partial charge in [0, 0.05) is 21.3 Å². The Morgan fingerprint density at radius 1 is 0.750 bits per heavy atom. The van der Waals surface area contributed by atoms with Crippen LogP contribution in [0.15, 0.2) is 145 Å². The average Bonchev–Trinajstić information content (AvgIpc) is 3.52. The number of nitrogens with zero attached hydrogens (tertiary/aromatic N) is 4. The molecule has 10 nitrogen and oxygen atoms in total. The Kier molecular flexibility index (Phi) is 9.17. The number of benzene rings is 5. The first-order valence-corrected chi connectivity index (χ1v) is 14.4. The minimum atomic E-state index is -2.00. The summed E-state index contributed by atoms with van der Waals surface area (Å²) >= 11 is 2.25. The molecule has 1 aliphatic heterocycles. The van der Waals surface area contributed by atoms with Crippen molar-refractivity contribution in [3.8, 4) is 0 Å². The van der Waals surface area contributed by atoms with Crippen LogP contribution in [0, 0.1) is 13.7 Å². The van der Waals surface area contributed by atoms with E-state index in [0.29, 0.717) is 17.0 Å². The lowest BCUT2D eigenvalue weighted by atomic mass is 9.86. The molecule has 0 saturated carbocycles. The number of nitro benzene ring substituents is 1. The summed E-state index contributed by atoms with van der Waals surface area (Å²) in [5.41, 5.74) is 4.55. The van der Waals surface area contributed by atoms with Crippen LogP contribution in [-0.4, -0.2) is 26.9 Å². The number of hydrogen-bond donors (Lipinski definition) is 3. The first kappa shape index (κ1) is 30.2. The molecule has 3 N–H and O–H groups in total. The predicted octanol–water partition coefficient (Wildman–Crippen LogP) is 6.31. The summed E-state index contributed by atoms with van der Waals surface area (Å²) in [6, 6.07) is 40.8. The van der Waals surface area contributed by atoms with Crippen LogP contribution >= 0.6 is 22.6 Å². The van der Waals surface area contributed by atoms with Gasteiger partial charge >= 0.3 is 5.97 Å². The quantitative estimate of drug-likeness (QED) is 0.102. The van der Waals surface area contributed by atoms with E-state index in [-0.39, 0.29) is 5.69 Å². The molecule has 5 aromatic carbocycles. The Bertz CT molecular complexity index is 1710. The number of carboxylic acids is 1. The van der Waals surface area contributed by atoms with Gasteiger partial charge in [-0.05, 0) is 70.1 Å². The first-order valence-electron chi connectivity index (χ1n) is 13.3. The minimum Gasteiger partial charge on any atom is -0.479 e. The number of nitro groups is 1. The molecule has 1 aliphatic rings. The molecule has 0 radical (unpaired) electrons. The molecule has 220 valence electrons. The van der Waals surface area contributed by atoms with Crippen LogP contribution in [0.25, 0.3) is 0 Å². The second-order valence-electron chi connectivity index (χ2n) is 9.53. The fourth-order valence-electron chi connectivity index (χ4n) is 4.44. The molecule has 0 unspecified atom stereocenters. The van der Waals surface area contributed by atoms with E-state index in [0.717, 1.165) is 20.5 Å². The summed E-state index contributed by atoms with van der Waals surface area (Å²) in [5.74, 6) is -0.595. The Morgan fingerprint density at radius 3 is 1.70 bits per heavy atom. The largest absolute Gasteiger partial charge is 0.479 e. The van der Waals surface area contributed by atoms with Crippen LogP contribution in [0.3, 0.4) is 0 Å². The zero-order valence-electron chi connectivity index (χ0n) is 23.1. The van der Waals surface area contributed by atoms with Crippen LogP contribution in [0.1, 0.15) is 16.7 Å². The molecular formula is C33H26IN5O5. The second-order valence-corrected chi connectivity index (χ2v) is 10.8. The van der Waals surface area contributed by atoms with Gasteiger partial charge in [0.25, 0.3) is 5.69 Å². The number of hydrogen-bond acceptors (Lipinski definition) is 8. The molecule has 0 spiro atoms. The summed E-state index contributed by atoms with van der Waals surface area (Å²) in [6.07, 6.45) is 0. The van der Waals surface area contributed by atoms with E-state index >= 15 is 0 Å². The van der Waals surface area contributed by atoms with Crippen molar-refractivity contribution in [2.75, 3.05) is 10.2 Å². The summed E-state index contributed by atoms with van der Waals surface area (Å²) in [7, 11) is 0. The monoisotopic (exact) mass is 699 g/mol. The van der Waals surface area contributed by atoms with E-state index in [1.165, 1.54) is 12.1 Å². The molecule has 1 heterocycles. The topological polar surface area (TPSA) is 132 Å². The van der Waals surface area contributed by atoms with Crippen molar-refractivity contribution in [2.45, 2.75) is 5.60 Å². The molecule has 6 rings (SSSR count). The third-order valence-electron chi connectivity index (χ3n) is 6.70. The third-order valence-corrected chi connectivity index (χ3v) is 7.42. The number of non-ortho nitro benzene ring substituents is 1. The van der Waals surface area contributed by atoms with E-state index in [4.69, 9.17) is 5.10 Å². The maximum Gasteiger partial charge on any atom is 0.345 e. The van der Waals surface area contributed by atoms with Crippen molar-refractivity contribution >= 4 is 51.5 Å². The number of aliphatic carboxylic acids is 1. The maximum absolute atomic E-state index is 11.4. The van der Waals surface area contributed by atoms with Crippen molar-refractivity contribution in [1.29, 1.82) is 0 Å². The summed E-state index contributed by atoms with van der Waals surface area (Å²) in [5, 5.41) is 38.8. The SMILES string of the molecule is O=C(O)C(O)(c1ccccc1)c1ccccc1.O=[N+]([O-])c1ccc(N2NC(c3ccccc3)=NN2c2ccc(I)cc2)cc1. The molecule has 44 heavy (non-hydrogen) atoms. The number of carbonyl (C=O) groups is 1. The molecule has 0 fully saturated rings. The number of halogens is 1. The number of aliphatic hydroxyl groups is 1. The standard InChI is InChI=1S/C19H14IN5O2.C14H12O3/c20-15-6-8-16(9-7-15)23-21-19(14-4-2-1-3-5-14)22-24(23)17-10-12-18(13-11-17)25(26)27;15-13(16)14(17,11-7-3-1-4-8-11)12-9-5-2-6-10-12/h1-13H,(H,21,22);1-10,17H,(H,15,16). The lowest BCUT2D eigenvalue weighted by Gasteiger charge is -2.27. The number of carboxylic acid groups (broad SMARTS) is 1. The lowest BCUT2D eigenvalue weighted by Crippen LogP contribution is -2.44. The number of anilines is 2. The molecule has 0 aromatic heterocycles. The van der Waals surface area contributed by atoms with Gasteiger partial charge in [-0.15, -0.1) is 5.10 Å². The summed E-state index contributed by atoms with van der Waals surface area (Å²) < 4.78 is 1.12. The highest BCUT2D eigenvalue weighted by Gasteiger charge is 2.39. The van der Waals surface area contributed by atoms with Crippen molar-refractivity contribution in [2.24, 2.45) is 5.10 Å². The Balaban J connectivity index is 0.000000195. The van der Waals surface area contributed by atoms with E-state index in [9.17, 15) is 25.1 Å². The second kappa shape index (κ2) is 13.4. The van der Waals surface area contributed by atoms with Crippen molar-refractivity contribution < 1.29 is 19.9 Å². The van der Waals surface area contributed by atoms with Crippen LogP contribution in [0.2, 0.25) is 0 Å². The predicted molar refractivity (Wildman–Crippen MR) is 177 cm³/mol. The molecule has 0 atom stereocenters. The van der Waals surface area contributed by atoms with Gasteiger partial charge in [0.1, 0.15) is 0 Å². The third kappa shape index (κ3) is 6.53. The zero-order valence-corrected chi connectivity index (χ0v) is 25.2. The molecule has 0 amide bonds. The van der Waals surface area contributed by atoms with Crippen molar-refractivity contribution in [1.82, 2.24) is 5.43 Å². The first-order chi connectivity index (χ1) is 21.3. The number of rotatable bonds is 7. The van der Waals surface area contributed by atoms with Crippen LogP contribution in [-0.2, 0) is 10.4 Å². The van der Waals surface area contributed by atoms with E-state index in [1.54, 1.807) is 83.0 Å². The molecular weight excluding hydrogens is 673 g/mol. The van der Waals surface area contributed by atoms with Gasteiger partial charge in [0.15, 0.2) is 5.84 Å². The van der Waals surface area contributed by atoms with Gasteiger partial charge in [-0.2, -0.15) is 10.2 Å². The summed E-state index contributed by atoms with van der Waals surface area (Å²) in [4.78, 5) is 21.9. The van der Waals surface area contributed by atoms with Crippen molar-refractivity contribution in [3.63, 3.8) is 0 Å². The Hall–Kier alpha value is -5.27. The van der Waals surface area contributed by atoms with Gasteiger partial charge in [0.05, 0.1) is 16.3 Å². The van der Waals surface area contributed by atoms with E-state index < -0.39 is 16.5 Å². The number of amidine groups is 1. The molecule has 0 saturated heterocycles. The van der Waals surface area contributed by atoms with Gasteiger partial charge in [0.2, 0.25) is 5.60 Å². The molecule has 0 bridgehead atoms. The van der Waals surface area contributed by atoms with Crippen LogP contribution < -0.4 is 15.7 Å². The van der Waals surface area contributed by atoms with Gasteiger partial charge in [-0.1, -0.05) is 91.0 Å². The van der Waals surface area contributed by atoms with Crippen LogP contribution in [0.5, 0.6) is 0 Å². The van der Waals surface area contributed by atoms with Gasteiger partial charge in [-0.25, -0.2) is 4.79 Å². The zero-order chi connectivity index (χ0) is 31.1. The fourth-order valence-corrected chi connectivity index (χ4v) is 4.80. The highest BCUT2D eigenvalue weighted by atomic mass is 127. The van der Waals surface area contributed by atoms with Gasteiger partial charge < -0.3 is 10.2 Å². The van der Waals surface area contributed by atoms with Gasteiger partial charge in [-0.3, -0.25) is 15.5 Å². The number of nitrogens with one attached hydrogen (secondary N) is 1. The van der Waals surface area contributed by atoms with Crippen LogP contribution in [0.4, 0.5) is 17.1 Å². The Labute approximate surface area is 266 Å². The number of hydrazine groups is 2. The molecule has 11 heteroatoms. The van der Waals surface area contributed by atoms with Crippen molar-refractivity contribution in [3.05, 3.63) is 170 Å². The Morgan fingerprint density at radius 2 is 1.23 bits per heavy atom. The summed E-state index contributed by atoms with van der Waals surface area (Å²) in [6.45, 7) is 0. The highest BCUT2D eigenvalue weighted by Crippen LogP contribution is 2.30. The maximum atomic E-state index is 11.4. The molecule has 0 aliphatic carbocycles. The molecule has 5 aromatic rings. The van der Waals surface area contributed by atoms with E-state index in [2.05, 4.69) is 28.0 Å². The highest BCUT2D eigenvalue weighted by molar-refractivity contribution is 14.1. The normalized spacial score (nSPS) is 12.5. The number of hydrazone groups is 1. The average molecular weight is 700 g/mol. The smallest absolute Gasteiger partial charge is 0.345 e. The fraction of sp³-hybridized carbons (Fsp3) is 0.0303. The van der Waals surface area contributed by atoms with E-state index in [1.807, 2.05) is 54.6 Å². The lowest BCUT2D eigenvalue weighted by molar-refractivity contribution is -0.384.